The maximum Gasteiger partial charge on any atom is 0.324 e. The lowest BCUT2D eigenvalue weighted by molar-refractivity contribution is 0.131. The minimum Gasteiger partial charge on any atom is -0.497 e. The van der Waals surface area contributed by atoms with Crippen LogP contribution in [0.4, 0.5) is 26.8 Å². The van der Waals surface area contributed by atoms with Crippen molar-refractivity contribution in [2.75, 3.05) is 23.1 Å². The fourth-order valence-electron chi connectivity index (χ4n) is 6.93. The molecular formula is C38H46N6O3. The molecule has 2 fully saturated rings. The molecule has 9 nitrogen and oxygen atoms in total. The van der Waals surface area contributed by atoms with E-state index < -0.39 is 0 Å². The molecule has 47 heavy (non-hydrogen) atoms. The second-order valence-electron chi connectivity index (χ2n) is 14.1. The normalized spacial score (nSPS) is 18.9. The lowest BCUT2D eigenvalue weighted by Crippen LogP contribution is -2.48. The van der Waals surface area contributed by atoms with E-state index in [1.807, 2.05) is 74.5 Å². The first-order valence-corrected chi connectivity index (χ1v) is 16.6. The number of urea groups is 2. The van der Waals surface area contributed by atoms with E-state index in [9.17, 15) is 9.59 Å². The molecule has 9 heteroatoms. The number of nitrogens with zero attached hydrogens (tertiary/aromatic N) is 3. The molecular weight excluding hydrogens is 588 g/mol. The fraction of sp³-hybridized carbons (Fsp3) is 0.395. The number of benzene rings is 3. The van der Waals surface area contributed by atoms with Crippen molar-refractivity contribution in [3.8, 4) is 11.4 Å². The average molecular weight is 635 g/mol. The molecule has 0 radical (unpaired) electrons. The van der Waals surface area contributed by atoms with Gasteiger partial charge in [-0.15, -0.1) is 0 Å². The third-order valence-corrected chi connectivity index (χ3v) is 9.47. The SMILES string of the molecule is COc1ccc(NC(=O)N2C3CCC2CC(Cc2ccc(NC(=O)Nc4cc(C(C)(C)C)nn4-c4ccc(C)cc4)cc2)C3)c(C)c1. The van der Waals surface area contributed by atoms with E-state index in [1.54, 1.807) is 11.8 Å². The van der Waals surface area contributed by atoms with Crippen LogP contribution in [0.1, 0.15) is 68.8 Å². The first kappa shape index (κ1) is 32.2. The Hall–Kier alpha value is -4.79. The number of ether oxygens (including phenoxy) is 1. The highest BCUT2D eigenvalue weighted by Gasteiger charge is 2.43. The minimum atomic E-state index is -0.321. The van der Waals surface area contributed by atoms with Crippen LogP contribution in [0.25, 0.3) is 5.69 Å². The summed E-state index contributed by atoms with van der Waals surface area (Å²) in [4.78, 5) is 28.5. The lowest BCUT2D eigenvalue weighted by atomic mass is 9.86. The summed E-state index contributed by atoms with van der Waals surface area (Å²) >= 11 is 0. The van der Waals surface area contributed by atoms with Crippen LogP contribution in [0.2, 0.25) is 0 Å². The van der Waals surface area contributed by atoms with E-state index >= 15 is 0 Å². The van der Waals surface area contributed by atoms with Crippen molar-refractivity contribution in [1.29, 1.82) is 0 Å². The Bertz CT molecular complexity index is 1720. The molecule has 246 valence electrons. The molecule has 0 spiro atoms. The molecule has 1 aromatic heterocycles. The predicted octanol–water partition coefficient (Wildman–Crippen LogP) is 8.46. The van der Waals surface area contributed by atoms with E-state index in [0.717, 1.165) is 71.7 Å². The predicted molar refractivity (Wildman–Crippen MR) is 188 cm³/mol. The zero-order valence-corrected chi connectivity index (χ0v) is 28.3. The first-order valence-electron chi connectivity index (χ1n) is 16.6. The second-order valence-corrected chi connectivity index (χ2v) is 14.1. The second kappa shape index (κ2) is 13.1. The standard InChI is InChI=1S/C38H46N6O3/c1-24-7-13-29(14-8-24)44-35(23-34(42-44)38(3,4)5)41-36(45)39-28-11-9-26(10-12-28)20-27-21-30-15-16-31(22-27)43(30)37(46)40-33-18-17-32(47-6)19-25(33)2/h7-14,17-19,23,27,30-31H,15-16,20-22H2,1-6H3,(H,40,46)(H2,39,41,45). The number of fused-ring (bicyclic) bond motifs is 2. The molecule has 2 aliphatic heterocycles. The van der Waals surface area contributed by atoms with Crippen molar-refractivity contribution in [3.63, 3.8) is 0 Å². The third-order valence-electron chi connectivity index (χ3n) is 9.47. The van der Waals surface area contributed by atoms with Gasteiger partial charge >= 0.3 is 12.1 Å². The summed E-state index contributed by atoms with van der Waals surface area (Å²) < 4.78 is 7.09. The van der Waals surface area contributed by atoms with Crippen molar-refractivity contribution in [3.05, 3.63) is 95.2 Å². The van der Waals surface area contributed by atoms with Crippen LogP contribution in [0, 0.1) is 19.8 Å². The highest BCUT2D eigenvalue weighted by Crippen LogP contribution is 2.40. The molecule has 3 aromatic carbocycles. The molecule has 2 bridgehead atoms. The van der Waals surface area contributed by atoms with Crippen LogP contribution in [0.15, 0.2) is 72.8 Å². The topological polar surface area (TPSA) is 101 Å². The number of piperidine rings is 1. The van der Waals surface area contributed by atoms with Gasteiger partial charge in [-0.05, 0) is 105 Å². The number of hydrogen-bond donors (Lipinski definition) is 3. The zero-order valence-electron chi connectivity index (χ0n) is 28.3. The number of carbonyl (C=O) groups is 2. The molecule has 0 saturated carbocycles. The van der Waals surface area contributed by atoms with Gasteiger partial charge in [-0.3, -0.25) is 5.32 Å². The van der Waals surface area contributed by atoms with Crippen molar-refractivity contribution in [1.82, 2.24) is 14.7 Å². The van der Waals surface area contributed by atoms with Gasteiger partial charge in [-0.1, -0.05) is 50.6 Å². The van der Waals surface area contributed by atoms with Gasteiger partial charge in [-0.2, -0.15) is 5.10 Å². The van der Waals surface area contributed by atoms with Crippen LogP contribution in [-0.4, -0.2) is 45.9 Å². The van der Waals surface area contributed by atoms with Gasteiger partial charge < -0.3 is 20.3 Å². The zero-order chi connectivity index (χ0) is 33.3. The summed E-state index contributed by atoms with van der Waals surface area (Å²) in [5.74, 6) is 1.91. The van der Waals surface area contributed by atoms with Gasteiger partial charge in [0.25, 0.3) is 0 Å². The number of amides is 4. The maximum absolute atomic E-state index is 13.3. The van der Waals surface area contributed by atoms with E-state index in [-0.39, 0.29) is 29.6 Å². The number of anilines is 3. The van der Waals surface area contributed by atoms with Crippen LogP contribution in [0.3, 0.4) is 0 Å². The van der Waals surface area contributed by atoms with Gasteiger partial charge in [0, 0.05) is 34.9 Å². The van der Waals surface area contributed by atoms with Crippen molar-refractivity contribution in [2.45, 2.75) is 84.2 Å². The molecule has 2 atom stereocenters. The molecule has 4 amide bonds. The molecule has 3 N–H and O–H groups in total. The highest BCUT2D eigenvalue weighted by atomic mass is 16.5. The lowest BCUT2D eigenvalue weighted by Gasteiger charge is -2.39. The molecule has 2 unspecified atom stereocenters. The monoisotopic (exact) mass is 634 g/mol. The van der Waals surface area contributed by atoms with Gasteiger partial charge in [0.2, 0.25) is 0 Å². The summed E-state index contributed by atoms with van der Waals surface area (Å²) in [6, 6.07) is 24.0. The Labute approximate surface area is 277 Å². The van der Waals surface area contributed by atoms with Crippen molar-refractivity contribution < 1.29 is 14.3 Å². The van der Waals surface area contributed by atoms with E-state index in [1.165, 1.54) is 5.56 Å². The van der Waals surface area contributed by atoms with E-state index in [2.05, 4.69) is 53.8 Å². The molecule has 3 heterocycles. The minimum absolute atomic E-state index is 0.00512. The van der Waals surface area contributed by atoms with E-state index in [4.69, 9.17) is 9.84 Å². The van der Waals surface area contributed by atoms with Crippen LogP contribution in [0.5, 0.6) is 5.75 Å². The summed E-state index contributed by atoms with van der Waals surface area (Å²) in [6.07, 6.45) is 5.05. The number of aryl methyl sites for hydroxylation is 2. The Morgan fingerprint density at radius 3 is 2.17 bits per heavy atom. The quantitative estimate of drug-likeness (QED) is 0.190. The molecule has 2 saturated heterocycles. The summed E-state index contributed by atoms with van der Waals surface area (Å²) in [7, 11) is 1.65. The average Bonchev–Trinajstić information content (AvgIpc) is 3.58. The number of rotatable bonds is 7. The smallest absolute Gasteiger partial charge is 0.324 e. The number of carbonyl (C=O) groups excluding carboxylic acids is 2. The van der Waals surface area contributed by atoms with Crippen LogP contribution in [-0.2, 0) is 11.8 Å². The Morgan fingerprint density at radius 2 is 1.55 bits per heavy atom. The van der Waals surface area contributed by atoms with E-state index in [0.29, 0.717) is 11.7 Å². The largest absolute Gasteiger partial charge is 0.497 e. The fourth-order valence-corrected chi connectivity index (χ4v) is 6.93. The Morgan fingerprint density at radius 1 is 0.872 bits per heavy atom. The first-order chi connectivity index (χ1) is 22.5. The highest BCUT2D eigenvalue weighted by molar-refractivity contribution is 5.99. The van der Waals surface area contributed by atoms with Gasteiger partial charge in [0.15, 0.2) is 0 Å². The van der Waals surface area contributed by atoms with Crippen molar-refractivity contribution >= 4 is 29.3 Å². The molecule has 2 aliphatic rings. The van der Waals surface area contributed by atoms with Gasteiger partial charge in [-0.25, -0.2) is 14.3 Å². The van der Waals surface area contributed by atoms with Crippen molar-refractivity contribution in [2.24, 2.45) is 5.92 Å². The Balaban J connectivity index is 1.05. The number of aromatic nitrogens is 2. The summed E-state index contributed by atoms with van der Waals surface area (Å²) in [5.41, 5.74) is 6.54. The number of methoxy groups -OCH3 is 1. The van der Waals surface area contributed by atoms with Crippen LogP contribution < -0.4 is 20.7 Å². The molecule has 4 aromatic rings. The van der Waals surface area contributed by atoms with Gasteiger partial charge in [0.1, 0.15) is 11.6 Å². The summed E-state index contributed by atoms with van der Waals surface area (Å²) in [5, 5.41) is 13.9. The third kappa shape index (κ3) is 7.29. The maximum atomic E-state index is 13.3. The molecule has 6 rings (SSSR count). The Kier molecular flexibility index (Phi) is 8.99. The number of nitrogens with one attached hydrogen (secondary N) is 3. The van der Waals surface area contributed by atoms with Crippen LogP contribution >= 0.6 is 0 Å². The summed E-state index contributed by atoms with van der Waals surface area (Å²) in [6.45, 7) is 10.4. The van der Waals surface area contributed by atoms with Gasteiger partial charge in [0.05, 0.1) is 18.5 Å². The number of hydrogen-bond acceptors (Lipinski definition) is 4. The molecule has 0 aliphatic carbocycles.